The summed E-state index contributed by atoms with van der Waals surface area (Å²) in [5.41, 5.74) is 2.84. The lowest BCUT2D eigenvalue weighted by Crippen LogP contribution is -2.06. The molecule has 1 aromatic heterocycles. The summed E-state index contributed by atoms with van der Waals surface area (Å²) in [6, 6.07) is 3.70. The third-order valence-electron chi connectivity index (χ3n) is 4.24. The Morgan fingerprint density at radius 2 is 2.19 bits per heavy atom. The summed E-state index contributed by atoms with van der Waals surface area (Å²) in [6.45, 7) is 0.785. The Bertz CT molecular complexity index is 635. The second-order valence-electron chi connectivity index (χ2n) is 5.64. The Morgan fingerprint density at radius 3 is 2.95 bits per heavy atom. The summed E-state index contributed by atoms with van der Waals surface area (Å²) in [6.07, 6.45) is 7.72. The molecule has 1 saturated carbocycles. The van der Waals surface area contributed by atoms with Crippen LogP contribution < -0.4 is 5.32 Å². The fraction of sp³-hybridized carbons (Fsp3) is 0.533. The minimum atomic E-state index is -0.332. The largest absolute Gasteiger partial charge is 0.379 e. The number of benzene rings is 1. The third-order valence-corrected chi connectivity index (χ3v) is 5.03. The maximum Gasteiger partial charge on any atom is 0.319 e. The zero-order valence-electron chi connectivity index (χ0n) is 11.9. The van der Waals surface area contributed by atoms with E-state index in [1.807, 2.05) is 6.07 Å². The van der Waals surface area contributed by atoms with E-state index in [0.717, 1.165) is 23.6 Å². The molecule has 1 fully saturated rings. The number of nitro groups is 1. The molecule has 1 aromatic carbocycles. The van der Waals surface area contributed by atoms with Gasteiger partial charge in [-0.3, -0.25) is 10.1 Å². The number of hydrogen-bond acceptors (Lipinski definition) is 5. The number of anilines is 1. The van der Waals surface area contributed by atoms with E-state index in [1.165, 1.54) is 43.4 Å². The van der Waals surface area contributed by atoms with Gasteiger partial charge in [0.05, 0.1) is 15.1 Å². The second kappa shape index (κ2) is 6.39. The SMILES string of the molecule is O=[N+]([O-])c1c(NCCCC2CCCC2)ccc2scnc12. The van der Waals surface area contributed by atoms with Crippen LogP contribution in [0.25, 0.3) is 10.2 Å². The molecule has 0 amide bonds. The molecule has 5 nitrogen and oxygen atoms in total. The van der Waals surface area contributed by atoms with Gasteiger partial charge in [0.15, 0.2) is 5.52 Å². The van der Waals surface area contributed by atoms with Crippen molar-refractivity contribution in [3.63, 3.8) is 0 Å². The van der Waals surface area contributed by atoms with Crippen LogP contribution in [0.5, 0.6) is 0 Å². The fourth-order valence-corrected chi connectivity index (χ4v) is 3.84. The highest BCUT2D eigenvalue weighted by molar-refractivity contribution is 7.16. The Balaban J connectivity index is 1.65. The van der Waals surface area contributed by atoms with Gasteiger partial charge in [-0.15, -0.1) is 11.3 Å². The van der Waals surface area contributed by atoms with Crippen LogP contribution in [-0.2, 0) is 0 Å². The monoisotopic (exact) mass is 305 g/mol. The van der Waals surface area contributed by atoms with Crippen LogP contribution in [0.4, 0.5) is 11.4 Å². The molecule has 1 aliphatic carbocycles. The van der Waals surface area contributed by atoms with Crippen LogP contribution in [0.3, 0.4) is 0 Å². The molecule has 112 valence electrons. The van der Waals surface area contributed by atoms with Crippen molar-refractivity contribution in [2.45, 2.75) is 38.5 Å². The van der Waals surface area contributed by atoms with E-state index >= 15 is 0 Å². The topological polar surface area (TPSA) is 68.1 Å². The van der Waals surface area contributed by atoms with Gasteiger partial charge in [-0.25, -0.2) is 4.98 Å². The van der Waals surface area contributed by atoms with Crippen molar-refractivity contribution in [2.75, 3.05) is 11.9 Å². The van der Waals surface area contributed by atoms with Crippen LogP contribution in [-0.4, -0.2) is 16.5 Å². The minimum Gasteiger partial charge on any atom is -0.379 e. The number of nitro benzene ring substituents is 1. The normalized spacial score (nSPS) is 15.6. The number of fused-ring (bicyclic) bond motifs is 1. The summed E-state index contributed by atoms with van der Waals surface area (Å²) in [4.78, 5) is 15.1. The third kappa shape index (κ3) is 3.15. The molecule has 0 saturated heterocycles. The lowest BCUT2D eigenvalue weighted by atomic mass is 10.0. The van der Waals surface area contributed by atoms with E-state index in [-0.39, 0.29) is 10.6 Å². The number of nitrogens with zero attached hydrogens (tertiary/aromatic N) is 2. The first-order chi connectivity index (χ1) is 10.3. The summed E-state index contributed by atoms with van der Waals surface area (Å²) >= 11 is 1.43. The smallest absolute Gasteiger partial charge is 0.319 e. The number of nitrogens with one attached hydrogen (secondary N) is 1. The van der Waals surface area contributed by atoms with Crippen molar-refractivity contribution in [1.82, 2.24) is 4.98 Å². The number of hydrogen-bond donors (Lipinski definition) is 1. The van der Waals surface area contributed by atoms with Crippen LogP contribution in [0.15, 0.2) is 17.6 Å². The Labute approximate surface area is 127 Å². The van der Waals surface area contributed by atoms with Crippen molar-refractivity contribution >= 4 is 32.9 Å². The second-order valence-corrected chi connectivity index (χ2v) is 6.52. The van der Waals surface area contributed by atoms with E-state index in [2.05, 4.69) is 10.3 Å². The van der Waals surface area contributed by atoms with E-state index in [1.54, 1.807) is 11.6 Å². The van der Waals surface area contributed by atoms with Crippen LogP contribution in [0.2, 0.25) is 0 Å². The Hall–Kier alpha value is -1.69. The standard InChI is InChI=1S/C15H19N3O2S/c19-18(20)15-12(7-8-13-14(15)17-10-21-13)16-9-3-6-11-4-1-2-5-11/h7-8,10-11,16H,1-6,9H2. The lowest BCUT2D eigenvalue weighted by Gasteiger charge is -2.10. The molecule has 0 aliphatic heterocycles. The van der Waals surface area contributed by atoms with Gasteiger partial charge in [0.2, 0.25) is 0 Å². The number of thiazole rings is 1. The van der Waals surface area contributed by atoms with Gasteiger partial charge in [0.1, 0.15) is 5.69 Å². The Morgan fingerprint density at radius 1 is 1.38 bits per heavy atom. The molecule has 0 spiro atoms. The average Bonchev–Trinajstić information content (AvgIpc) is 3.13. The molecule has 1 N–H and O–H groups in total. The van der Waals surface area contributed by atoms with Crippen molar-refractivity contribution in [3.8, 4) is 0 Å². The molecule has 3 rings (SSSR count). The van der Waals surface area contributed by atoms with E-state index < -0.39 is 0 Å². The molecule has 0 unspecified atom stereocenters. The van der Waals surface area contributed by atoms with Crippen molar-refractivity contribution in [2.24, 2.45) is 5.92 Å². The quantitative estimate of drug-likeness (QED) is 0.481. The van der Waals surface area contributed by atoms with Crippen molar-refractivity contribution < 1.29 is 4.92 Å². The van der Waals surface area contributed by atoms with Crippen LogP contribution in [0, 0.1) is 16.0 Å². The predicted molar refractivity (Wildman–Crippen MR) is 86.0 cm³/mol. The maximum atomic E-state index is 11.3. The molecular formula is C15H19N3O2S. The zero-order chi connectivity index (χ0) is 14.7. The van der Waals surface area contributed by atoms with Gasteiger partial charge in [-0.05, 0) is 30.9 Å². The van der Waals surface area contributed by atoms with E-state index in [9.17, 15) is 10.1 Å². The zero-order valence-corrected chi connectivity index (χ0v) is 12.7. The van der Waals surface area contributed by atoms with Crippen LogP contribution in [0.1, 0.15) is 38.5 Å². The molecular weight excluding hydrogens is 286 g/mol. The van der Waals surface area contributed by atoms with Gasteiger partial charge in [0.25, 0.3) is 0 Å². The highest BCUT2D eigenvalue weighted by atomic mass is 32.1. The van der Waals surface area contributed by atoms with Crippen molar-refractivity contribution in [1.29, 1.82) is 0 Å². The average molecular weight is 305 g/mol. The summed E-state index contributed by atoms with van der Waals surface area (Å²) < 4.78 is 0.859. The van der Waals surface area contributed by atoms with Crippen molar-refractivity contribution in [3.05, 3.63) is 27.8 Å². The molecule has 2 aromatic rings. The van der Waals surface area contributed by atoms with E-state index in [0.29, 0.717) is 11.2 Å². The van der Waals surface area contributed by atoms with Gasteiger partial charge >= 0.3 is 5.69 Å². The number of aromatic nitrogens is 1. The first-order valence-electron chi connectivity index (χ1n) is 7.50. The predicted octanol–water partition coefficient (Wildman–Crippen LogP) is 4.59. The summed E-state index contributed by atoms with van der Waals surface area (Å²) in [5, 5.41) is 14.5. The van der Waals surface area contributed by atoms with Gasteiger partial charge in [-0.1, -0.05) is 25.7 Å². The van der Waals surface area contributed by atoms with E-state index in [4.69, 9.17) is 0 Å². The summed E-state index contributed by atoms with van der Waals surface area (Å²) in [5.74, 6) is 0.864. The molecule has 1 aliphatic rings. The van der Waals surface area contributed by atoms with Gasteiger partial charge in [-0.2, -0.15) is 0 Å². The van der Waals surface area contributed by atoms with Gasteiger partial charge in [0, 0.05) is 6.54 Å². The molecule has 21 heavy (non-hydrogen) atoms. The minimum absolute atomic E-state index is 0.106. The Kier molecular flexibility index (Phi) is 4.34. The fourth-order valence-electron chi connectivity index (χ4n) is 3.16. The summed E-state index contributed by atoms with van der Waals surface area (Å²) in [7, 11) is 0. The maximum absolute atomic E-state index is 11.3. The molecule has 0 atom stereocenters. The van der Waals surface area contributed by atoms with Crippen LogP contribution >= 0.6 is 11.3 Å². The first-order valence-corrected chi connectivity index (χ1v) is 8.38. The van der Waals surface area contributed by atoms with Gasteiger partial charge < -0.3 is 5.32 Å². The first kappa shape index (κ1) is 14.3. The molecule has 6 heteroatoms. The molecule has 0 bridgehead atoms. The molecule has 1 heterocycles. The molecule has 0 radical (unpaired) electrons. The lowest BCUT2D eigenvalue weighted by molar-refractivity contribution is -0.382. The highest BCUT2D eigenvalue weighted by Crippen LogP contribution is 2.34. The highest BCUT2D eigenvalue weighted by Gasteiger charge is 2.20. The number of rotatable bonds is 6.